The van der Waals surface area contributed by atoms with Gasteiger partial charge in [0.05, 0.1) is 38.2 Å². The molecule has 0 saturated heterocycles. The van der Waals surface area contributed by atoms with Crippen molar-refractivity contribution in [2.24, 2.45) is 0 Å². The first kappa shape index (κ1) is 13.4. The molecule has 21 heavy (non-hydrogen) atoms. The molecule has 0 aliphatic rings. The molecule has 0 bridgehead atoms. The van der Waals surface area contributed by atoms with Gasteiger partial charge < -0.3 is 10.6 Å². The maximum absolute atomic E-state index is 8.86. The van der Waals surface area contributed by atoms with Crippen molar-refractivity contribution in [2.75, 3.05) is 17.7 Å². The first-order chi connectivity index (χ1) is 10.1. The molecule has 2 N–H and O–H groups in total. The maximum Gasteiger partial charge on any atom is 0.0991 e. The first-order valence-corrected chi connectivity index (χ1v) is 7.30. The Morgan fingerprint density at radius 2 is 1.95 bits per heavy atom. The largest absolute Gasteiger partial charge is 0.397 e. The molecular formula is C16H14N4S. The van der Waals surface area contributed by atoms with E-state index in [0.29, 0.717) is 5.56 Å². The summed E-state index contributed by atoms with van der Waals surface area (Å²) >= 11 is 1.64. The van der Waals surface area contributed by atoms with Crippen LogP contribution in [-0.2, 0) is 0 Å². The van der Waals surface area contributed by atoms with Crippen molar-refractivity contribution in [1.82, 2.24) is 4.98 Å². The molecule has 0 spiro atoms. The van der Waals surface area contributed by atoms with E-state index >= 15 is 0 Å². The highest BCUT2D eigenvalue weighted by atomic mass is 32.1. The van der Waals surface area contributed by atoms with Crippen molar-refractivity contribution < 1.29 is 0 Å². The molecule has 0 fully saturated rings. The number of hydrogen-bond acceptors (Lipinski definition) is 5. The summed E-state index contributed by atoms with van der Waals surface area (Å²) in [6.45, 7) is 1.99. The van der Waals surface area contributed by atoms with Crippen LogP contribution >= 0.6 is 11.3 Å². The fraction of sp³-hybridized carbons (Fsp3) is 0.125. The van der Waals surface area contributed by atoms with Crippen molar-refractivity contribution in [2.45, 2.75) is 6.92 Å². The molecule has 1 heterocycles. The average Bonchev–Trinajstić information content (AvgIpc) is 2.85. The van der Waals surface area contributed by atoms with Crippen molar-refractivity contribution in [3.63, 3.8) is 0 Å². The van der Waals surface area contributed by atoms with E-state index in [0.717, 1.165) is 32.3 Å². The van der Waals surface area contributed by atoms with E-state index in [-0.39, 0.29) is 0 Å². The minimum atomic E-state index is 0.644. The van der Waals surface area contributed by atoms with Crippen molar-refractivity contribution in [1.29, 1.82) is 5.26 Å². The third kappa shape index (κ3) is 2.41. The highest BCUT2D eigenvalue weighted by Crippen LogP contribution is 2.34. The number of nitrogen functional groups attached to an aromatic ring is 1. The SMILES string of the molecule is Cc1nc2cc(N(C)c3ccc(C#N)cc3)c(N)cc2s1. The van der Waals surface area contributed by atoms with E-state index in [1.807, 2.05) is 43.1 Å². The highest BCUT2D eigenvalue weighted by molar-refractivity contribution is 7.18. The molecule has 2 aromatic carbocycles. The van der Waals surface area contributed by atoms with Crippen LogP contribution in [0, 0.1) is 18.3 Å². The Morgan fingerprint density at radius 3 is 2.62 bits per heavy atom. The zero-order chi connectivity index (χ0) is 15.0. The second-order valence-electron chi connectivity index (χ2n) is 4.83. The normalized spacial score (nSPS) is 10.5. The van der Waals surface area contributed by atoms with Crippen molar-refractivity contribution >= 4 is 38.6 Å². The number of benzene rings is 2. The quantitative estimate of drug-likeness (QED) is 0.729. The van der Waals surface area contributed by atoms with Crippen LogP contribution in [0.3, 0.4) is 0 Å². The lowest BCUT2D eigenvalue weighted by molar-refractivity contribution is 1.21. The molecule has 0 aliphatic carbocycles. The summed E-state index contributed by atoms with van der Waals surface area (Å²) in [5.74, 6) is 0. The van der Waals surface area contributed by atoms with E-state index in [1.165, 1.54) is 0 Å². The Balaban J connectivity index is 2.05. The van der Waals surface area contributed by atoms with Gasteiger partial charge in [-0.15, -0.1) is 11.3 Å². The zero-order valence-electron chi connectivity index (χ0n) is 11.8. The summed E-state index contributed by atoms with van der Waals surface area (Å²) in [4.78, 5) is 6.52. The zero-order valence-corrected chi connectivity index (χ0v) is 12.6. The molecule has 3 aromatic rings. The molecule has 0 atom stereocenters. The summed E-state index contributed by atoms with van der Waals surface area (Å²) in [5, 5.41) is 9.89. The van der Waals surface area contributed by atoms with Gasteiger partial charge in [0.2, 0.25) is 0 Å². The van der Waals surface area contributed by atoms with Gasteiger partial charge in [0, 0.05) is 12.7 Å². The standard InChI is InChI=1S/C16H14N4S/c1-10-19-14-8-15(13(18)7-16(14)21-10)20(2)12-5-3-11(9-17)4-6-12/h3-8H,18H2,1-2H3. The third-order valence-electron chi connectivity index (χ3n) is 3.39. The van der Waals surface area contributed by atoms with E-state index in [9.17, 15) is 0 Å². The van der Waals surface area contributed by atoms with Crippen LogP contribution in [0.1, 0.15) is 10.6 Å². The smallest absolute Gasteiger partial charge is 0.0991 e. The molecule has 0 aliphatic heterocycles. The predicted octanol–water partition coefficient (Wildman–Crippen LogP) is 3.83. The molecule has 0 radical (unpaired) electrons. The van der Waals surface area contributed by atoms with Crippen LogP contribution in [0.4, 0.5) is 17.1 Å². The minimum Gasteiger partial charge on any atom is -0.397 e. The number of hydrogen-bond donors (Lipinski definition) is 1. The van der Waals surface area contributed by atoms with Gasteiger partial charge in [-0.3, -0.25) is 0 Å². The topological polar surface area (TPSA) is 65.9 Å². The van der Waals surface area contributed by atoms with E-state index in [4.69, 9.17) is 11.0 Å². The van der Waals surface area contributed by atoms with Crippen LogP contribution in [-0.4, -0.2) is 12.0 Å². The Kier molecular flexibility index (Phi) is 3.24. The Bertz CT molecular complexity index is 843. The van der Waals surface area contributed by atoms with Gasteiger partial charge in [-0.05, 0) is 43.3 Å². The fourth-order valence-electron chi connectivity index (χ4n) is 2.28. The lowest BCUT2D eigenvalue weighted by Gasteiger charge is -2.21. The lowest BCUT2D eigenvalue weighted by Crippen LogP contribution is -2.11. The molecule has 4 nitrogen and oxygen atoms in total. The second-order valence-corrected chi connectivity index (χ2v) is 6.06. The number of thiazole rings is 1. The van der Waals surface area contributed by atoms with Gasteiger partial charge in [-0.25, -0.2) is 4.98 Å². The highest BCUT2D eigenvalue weighted by Gasteiger charge is 2.11. The monoisotopic (exact) mass is 294 g/mol. The first-order valence-electron chi connectivity index (χ1n) is 6.49. The van der Waals surface area contributed by atoms with Crippen molar-refractivity contribution in [3.8, 4) is 6.07 Å². The van der Waals surface area contributed by atoms with Gasteiger partial charge in [0.25, 0.3) is 0 Å². The number of aryl methyl sites for hydroxylation is 1. The lowest BCUT2D eigenvalue weighted by atomic mass is 10.2. The van der Waals surface area contributed by atoms with Gasteiger partial charge in [0.15, 0.2) is 0 Å². The van der Waals surface area contributed by atoms with Gasteiger partial charge in [0.1, 0.15) is 0 Å². The number of rotatable bonds is 2. The molecule has 3 rings (SSSR count). The Morgan fingerprint density at radius 1 is 1.24 bits per heavy atom. The predicted molar refractivity (Wildman–Crippen MR) is 88.0 cm³/mol. The molecule has 0 saturated carbocycles. The number of nitriles is 1. The molecule has 1 aromatic heterocycles. The Labute approximate surface area is 127 Å². The molecule has 5 heteroatoms. The maximum atomic E-state index is 8.86. The van der Waals surface area contributed by atoms with Crippen LogP contribution in [0.5, 0.6) is 0 Å². The number of nitrogens with two attached hydrogens (primary N) is 1. The van der Waals surface area contributed by atoms with E-state index < -0.39 is 0 Å². The van der Waals surface area contributed by atoms with Crippen molar-refractivity contribution in [3.05, 3.63) is 47.0 Å². The van der Waals surface area contributed by atoms with Gasteiger partial charge in [-0.1, -0.05) is 0 Å². The minimum absolute atomic E-state index is 0.644. The average molecular weight is 294 g/mol. The number of anilines is 3. The van der Waals surface area contributed by atoms with Crippen LogP contribution < -0.4 is 10.6 Å². The second kappa shape index (κ2) is 5.08. The van der Waals surface area contributed by atoms with E-state index in [2.05, 4.69) is 11.1 Å². The van der Waals surface area contributed by atoms with Gasteiger partial charge in [-0.2, -0.15) is 5.26 Å². The fourth-order valence-corrected chi connectivity index (χ4v) is 3.14. The molecular weight excluding hydrogens is 280 g/mol. The molecule has 0 amide bonds. The number of fused-ring (bicyclic) bond motifs is 1. The summed E-state index contributed by atoms with van der Waals surface area (Å²) in [6, 6.07) is 13.5. The summed E-state index contributed by atoms with van der Waals surface area (Å²) < 4.78 is 1.10. The number of aromatic nitrogens is 1. The summed E-state index contributed by atoms with van der Waals surface area (Å²) in [7, 11) is 1.96. The third-order valence-corrected chi connectivity index (χ3v) is 4.32. The summed E-state index contributed by atoms with van der Waals surface area (Å²) in [6.07, 6.45) is 0. The molecule has 0 unspecified atom stereocenters. The number of nitrogens with zero attached hydrogens (tertiary/aromatic N) is 3. The van der Waals surface area contributed by atoms with E-state index in [1.54, 1.807) is 23.5 Å². The Hall–Kier alpha value is -2.58. The van der Waals surface area contributed by atoms with Crippen LogP contribution in [0.2, 0.25) is 0 Å². The van der Waals surface area contributed by atoms with Crippen LogP contribution in [0.25, 0.3) is 10.2 Å². The molecule has 104 valence electrons. The van der Waals surface area contributed by atoms with Crippen LogP contribution in [0.15, 0.2) is 36.4 Å². The summed E-state index contributed by atoms with van der Waals surface area (Å²) in [5.41, 5.74) is 10.4. The van der Waals surface area contributed by atoms with Gasteiger partial charge >= 0.3 is 0 Å².